The Kier molecular flexibility index (Phi) is 3.42. The molecule has 6 nitrogen and oxygen atoms in total. The van der Waals surface area contributed by atoms with E-state index in [1.807, 2.05) is 0 Å². The number of hydrogen-bond acceptors (Lipinski definition) is 3. The lowest BCUT2D eigenvalue weighted by Gasteiger charge is -1.95. The molecule has 0 aliphatic carbocycles. The van der Waals surface area contributed by atoms with Gasteiger partial charge in [0.05, 0.1) is 11.8 Å². The van der Waals surface area contributed by atoms with E-state index >= 15 is 0 Å². The molecule has 0 fully saturated rings. The molecule has 0 saturated heterocycles. The van der Waals surface area contributed by atoms with Gasteiger partial charge >= 0.3 is 6.03 Å². The molecule has 0 aliphatic rings. The minimum Gasteiger partial charge on any atom is -0.347 e. The van der Waals surface area contributed by atoms with Crippen LogP contribution in [0.3, 0.4) is 0 Å². The largest absolute Gasteiger partial charge is 0.347 e. The van der Waals surface area contributed by atoms with Gasteiger partial charge < -0.3 is 10.6 Å². The Morgan fingerprint density at radius 2 is 2.57 bits per heavy atom. The van der Waals surface area contributed by atoms with E-state index in [0.717, 1.165) is 0 Å². The Labute approximate surface area is 81.1 Å². The van der Waals surface area contributed by atoms with Crippen LogP contribution in [0.1, 0.15) is 5.56 Å². The molecular weight excluding hydrogens is 182 g/mol. The van der Waals surface area contributed by atoms with Gasteiger partial charge in [-0.05, 0) is 6.20 Å². The van der Waals surface area contributed by atoms with E-state index in [-0.39, 0.29) is 0 Å². The summed E-state index contributed by atoms with van der Waals surface area (Å²) in [6.07, 6.45) is 4.47. The number of aromatic amines is 1. The number of anilines is 1. The average Bonchev–Trinajstić information content (AvgIpc) is 2.62. The van der Waals surface area contributed by atoms with Crippen LogP contribution in [0.2, 0.25) is 0 Å². The highest BCUT2D eigenvalue weighted by atomic mass is 16.2. The second-order valence-corrected chi connectivity index (χ2v) is 2.36. The van der Waals surface area contributed by atoms with Gasteiger partial charge in [-0.15, -0.1) is 0 Å². The molecule has 74 valence electrons. The second-order valence-electron chi connectivity index (χ2n) is 2.36. The molecule has 1 aromatic rings. The lowest BCUT2D eigenvalue weighted by Crippen LogP contribution is -2.12. The number of amides is 2. The van der Waals surface area contributed by atoms with Gasteiger partial charge in [0.2, 0.25) is 0 Å². The Morgan fingerprint density at radius 3 is 3.21 bits per heavy atom. The number of carbonyl (C=O) groups excluding carboxylic acids is 1. The van der Waals surface area contributed by atoms with Gasteiger partial charge in [0.15, 0.2) is 0 Å². The van der Waals surface area contributed by atoms with Gasteiger partial charge in [-0.1, -0.05) is 6.58 Å². The predicted octanol–water partition coefficient (Wildman–Crippen LogP) is 0.723. The number of aliphatic imine (C=N–C) groups is 1. The van der Waals surface area contributed by atoms with Gasteiger partial charge in [0, 0.05) is 13.3 Å². The minimum atomic E-state index is -0.407. The number of carbonyl (C=O) groups is 1. The highest BCUT2D eigenvalue weighted by Gasteiger charge is 2.00. The van der Waals surface area contributed by atoms with Crippen molar-refractivity contribution in [2.24, 2.45) is 4.99 Å². The topological polar surface area (TPSA) is 82.2 Å². The number of urea groups is 1. The summed E-state index contributed by atoms with van der Waals surface area (Å²) in [7, 11) is 1.51. The number of nitrogens with zero attached hydrogens (tertiary/aromatic N) is 2. The van der Waals surface area contributed by atoms with Gasteiger partial charge in [0.1, 0.15) is 5.82 Å². The normalized spacial score (nSPS) is 10.1. The molecule has 0 aliphatic heterocycles. The second kappa shape index (κ2) is 4.80. The number of hydrogen-bond donors (Lipinski definition) is 3. The maximum Gasteiger partial charge on any atom is 0.340 e. The van der Waals surface area contributed by atoms with Crippen molar-refractivity contribution in [1.29, 1.82) is 0 Å². The molecule has 1 aromatic heterocycles. The highest BCUT2D eigenvalue weighted by molar-refractivity contribution is 5.94. The molecule has 0 aromatic carbocycles. The van der Waals surface area contributed by atoms with Crippen LogP contribution in [-0.4, -0.2) is 29.5 Å². The summed E-state index contributed by atoms with van der Waals surface area (Å²) in [6, 6.07) is -0.407. The zero-order valence-electron chi connectivity index (χ0n) is 7.74. The van der Waals surface area contributed by atoms with Gasteiger partial charge in [-0.2, -0.15) is 5.10 Å². The SMILES string of the molecule is C=CNc1[nH]ncc1C=NC(=O)NC. The van der Waals surface area contributed by atoms with Crippen LogP contribution in [0.4, 0.5) is 10.6 Å². The Balaban J connectivity index is 2.75. The van der Waals surface area contributed by atoms with Gasteiger partial charge in [-0.25, -0.2) is 9.79 Å². The van der Waals surface area contributed by atoms with Crippen molar-refractivity contribution in [1.82, 2.24) is 15.5 Å². The van der Waals surface area contributed by atoms with E-state index in [9.17, 15) is 4.79 Å². The number of aromatic nitrogens is 2. The fraction of sp³-hybridized carbons (Fsp3) is 0.125. The van der Waals surface area contributed by atoms with Gasteiger partial charge in [0.25, 0.3) is 0 Å². The smallest absolute Gasteiger partial charge is 0.340 e. The first kappa shape index (κ1) is 9.97. The third-order valence-corrected chi connectivity index (χ3v) is 1.45. The van der Waals surface area contributed by atoms with E-state index in [1.165, 1.54) is 19.5 Å². The van der Waals surface area contributed by atoms with Crippen LogP contribution in [0.5, 0.6) is 0 Å². The van der Waals surface area contributed by atoms with Crippen LogP contribution in [0.15, 0.2) is 24.0 Å². The zero-order chi connectivity index (χ0) is 10.4. The number of rotatable bonds is 3. The van der Waals surface area contributed by atoms with E-state index in [4.69, 9.17) is 0 Å². The van der Waals surface area contributed by atoms with Crippen LogP contribution >= 0.6 is 0 Å². The first-order valence-corrected chi connectivity index (χ1v) is 3.94. The fourth-order valence-electron chi connectivity index (χ4n) is 0.804. The molecule has 0 saturated carbocycles. The molecule has 1 heterocycles. The summed E-state index contributed by atoms with van der Waals surface area (Å²) in [5.41, 5.74) is 0.688. The molecule has 3 N–H and O–H groups in total. The fourth-order valence-corrected chi connectivity index (χ4v) is 0.804. The van der Waals surface area contributed by atoms with Crippen LogP contribution in [0.25, 0.3) is 0 Å². The van der Waals surface area contributed by atoms with Crippen LogP contribution < -0.4 is 10.6 Å². The molecular formula is C8H11N5O. The lowest BCUT2D eigenvalue weighted by atomic mass is 10.3. The first-order valence-electron chi connectivity index (χ1n) is 3.94. The van der Waals surface area contributed by atoms with Crippen molar-refractivity contribution in [2.45, 2.75) is 0 Å². The van der Waals surface area contributed by atoms with Crippen molar-refractivity contribution >= 4 is 18.1 Å². The van der Waals surface area contributed by atoms with Crippen molar-refractivity contribution < 1.29 is 4.79 Å². The molecule has 2 amide bonds. The van der Waals surface area contributed by atoms with Crippen LogP contribution in [0, 0.1) is 0 Å². The predicted molar refractivity (Wildman–Crippen MR) is 54.5 cm³/mol. The zero-order valence-corrected chi connectivity index (χ0v) is 7.74. The van der Waals surface area contributed by atoms with Crippen molar-refractivity contribution in [3.05, 3.63) is 24.5 Å². The molecule has 0 atom stereocenters. The summed E-state index contributed by atoms with van der Waals surface area (Å²) in [6.45, 7) is 3.51. The molecule has 14 heavy (non-hydrogen) atoms. The molecule has 0 radical (unpaired) electrons. The molecule has 6 heteroatoms. The standard InChI is InChI=1S/C8H11N5O/c1-3-10-7-6(5-12-13-7)4-11-8(14)9-2/h3-5H,1H2,2H3,(H,9,14)(H2,10,12,13). The van der Waals surface area contributed by atoms with Crippen molar-refractivity contribution in [3.63, 3.8) is 0 Å². The van der Waals surface area contributed by atoms with Crippen LogP contribution in [-0.2, 0) is 0 Å². The number of nitrogens with one attached hydrogen (secondary N) is 3. The molecule has 0 unspecified atom stereocenters. The van der Waals surface area contributed by atoms with E-state index in [1.54, 1.807) is 6.20 Å². The average molecular weight is 193 g/mol. The summed E-state index contributed by atoms with van der Waals surface area (Å²) in [4.78, 5) is 14.4. The summed E-state index contributed by atoms with van der Waals surface area (Å²) in [5, 5.41) is 11.7. The summed E-state index contributed by atoms with van der Waals surface area (Å²) < 4.78 is 0. The van der Waals surface area contributed by atoms with E-state index < -0.39 is 6.03 Å². The highest BCUT2D eigenvalue weighted by Crippen LogP contribution is 2.07. The van der Waals surface area contributed by atoms with Crippen molar-refractivity contribution in [2.75, 3.05) is 12.4 Å². The third kappa shape index (κ3) is 2.44. The summed E-state index contributed by atoms with van der Waals surface area (Å²) in [5.74, 6) is 0.646. The third-order valence-electron chi connectivity index (χ3n) is 1.45. The molecule has 1 rings (SSSR count). The molecule has 0 bridgehead atoms. The Hall–Kier alpha value is -2.11. The van der Waals surface area contributed by atoms with Gasteiger partial charge in [-0.3, -0.25) is 5.10 Å². The maximum absolute atomic E-state index is 10.8. The molecule has 0 spiro atoms. The monoisotopic (exact) mass is 193 g/mol. The Morgan fingerprint density at radius 1 is 1.79 bits per heavy atom. The first-order chi connectivity index (χ1) is 6.77. The van der Waals surface area contributed by atoms with Crippen molar-refractivity contribution in [3.8, 4) is 0 Å². The Bertz CT molecular complexity index is 354. The van der Waals surface area contributed by atoms with E-state index in [0.29, 0.717) is 11.4 Å². The number of H-pyrrole nitrogens is 1. The van der Waals surface area contributed by atoms with E-state index in [2.05, 4.69) is 32.4 Å². The lowest BCUT2D eigenvalue weighted by molar-refractivity contribution is 0.251. The maximum atomic E-state index is 10.8. The quantitative estimate of drug-likeness (QED) is 0.619. The summed E-state index contributed by atoms with van der Waals surface area (Å²) >= 11 is 0. The minimum absolute atomic E-state index is 0.407.